The van der Waals surface area contributed by atoms with Gasteiger partial charge >= 0.3 is 0 Å². The topological polar surface area (TPSA) is 58.0 Å². The molecule has 1 aromatic rings. The van der Waals surface area contributed by atoms with E-state index in [1.165, 1.54) is 0 Å². The number of hydrogen-bond donors (Lipinski definition) is 2. The maximum Gasteiger partial charge on any atom is 0.222 e. The maximum atomic E-state index is 8.77. The molecule has 12 heavy (non-hydrogen) atoms. The first-order valence-corrected chi connectivity index (χ1v) is 4.04. The summed E-state index contributed by atoms with van der Waals surface area (Å²) >= 11 is 0. The molecule has 1 fully saturated rings. The largest absolute Gasteiger partial charge is 0.396 e. The minimum absolute atomic E-state index is 0.254. The van der Waals surface area contributed by atoms with Crippen LogP contribution >= 0.6 is 0 Å². The van der Waals surface area contributed by atoms with Gasteiger partial charge in [0, 0.05) is 31.0 Å². The predicted molar refractivity (Wildman–Crippen MR) is 44.6 cm³/mol. The third-order valence-corrected chi connectivity index (χ3v) is 2.04. The minimum Gasteiger partial charge on any atom is -0.396 e. The third-order valence-electron chi connectivity index (χ3n) is 2.04. The van der Waals surface area contributed by atoms with Gasteiger partial charge in [-0.15, -0.1) is 0 Å². The second-order valence-corrected chi connectivity index (χ2v) is 3.00. The maximum absolute atomic E-state index is 8.77. The quantitative estimate of drug-likeness (QED) is 0.675. The van der Waals surface area contributed by atoms with E-state index in [9.17, 15) is 0 Å². The van der Waals surface area contributed by atoms with E-state index >= 15 is 0 Å². The predicted octanol–water partition coefficient (Wildman–Crippen LogP) is 0.269. The summed E-state index contributed by atoms with van der Waals surface area (Å²) in [5.74, 6) is 1.05. The molecule has 0 aromatic carbocycles. The van der Waals surface area contributed by atoms with Crippen LogP contribution in [0.1, 0.15) is 6.42 Å². The van der Waals surface area contributed by atoms with Crippen LogP contribution < -0.4 is 5.32 Å². The second-order valence-electron chi connectivity index (χ2n) is 3.00. The van der Waals surface area contributed by atoms with E-state index < -0.39 is 0 Å². The molecule has 1 aromatic heterocycles. The zero-order valence-corrected chi connectivity index (χ0v) is 6.64. The van der Waals surface area contributed by atoms with Crippen molar-refractivity contribution in [3.8, 4) is 0 Å². The molecular formula is C8H11N3O. The van der Waals surface area contributed by atoms with Gasteiger partial charge in [0.1, 0.15) is 0 Å². The van der Waals surface area contributed by atoms with Crippen molar-refractivity contribution in [3.05, 3.63) is 18.5 Å². The molecular weight excluding hydrogens is 154 g/mol. The average Bonchev–Trinajstić information content (AvgIpc) is 2.85. The first-order valence-electron chi connectivity index (χ1n) is 4.04. The van der Waals surface area contributed by atoms with Crippen LogP contribution in [0, 0.1) is 5.92 Å². The zero-order valence-electron chi connectivity index (χ0n) is 6.64. The van der Waals surface area contributed by atoms with E-state index in [0.717, 1.165) is 6.42 Å². The van der Waals surface area contributed by atoms with Gasteiger partial charge in [0.2, 0.25) is 5.95 Å². The van der Waals surface area contributed by atoms with Crippen molar-refractivity contribution in [2.75, 3.05) is 11.9 Å². The standard InChI is InChI=1S/C8H11N3O/c12-5-6-4-7(6)11-8-9-2-1-3-10-8/h1-3,6-7,12H,4-5H2,(H,9,10,11)/t6-,7+/m0/s1. The van der Waals surface area contributed by atoms with Crippen LogP contribution in [0.2, 0.25) is 0 Å². The van der Waals surface area contributed by atoms with Crippen LogP contribution in [0.25, 0.3) is 0 Å². The molecule has 0 bridgehead atoms. The first-order chi connectivity index (χ1) is 5.90. The normalized spacial score (nSPS) is 26.8. The van der Waals surface area contributed by atoms with Crippen molar-refractivity contribution in [1.82, 2.24) is 9.97 Å². The summed E-state index contributed by atoms with van der Waals surface area (Å²) in [6.07, 6.45) is 4.42. The fourth-order valence-corrected chi connectivity index (χ4v) is 1.17. The Morgan fingerprint density at radius 2 is 2.25 bits per heavy atom. The van der Waals surface area contributed by atoms with E-state index in [1.54, 1.807) is 18.5 Å². The van der Waals surface area contributed by atoms with Crippen molar-refractivity contribution in [2.24, 2.45) is 5.92 Å². The smallest absolute Gasteiger partial charge is 0.222 e. The van der Waals surface area contributed by atoms with Crippen molar-refractivity contribution >= 4 is 5.95 Å². The molecule has 1 heterocycles. The van der Waals surface area contributed by atoms with Gasteiger partial charge in [0.05, 0.1) is 0 Å². The molecule has 1 aliphatic rings. The van der Waals surface area contributed by atoms with Gasteiger partial charge in [-0.3, -0.25) is 0 Å². The van der Waals surface area contributed by atoms with Crippen molar-refractivity contribution in [1.29, 1.82) is 0 Å². The van der Waals surface area contributed by atoms with Crippen LogP contribution in [0.4, 0.5) is 5.95 Å². The summed E-state index contributed by atoms with van der Waals surface area (Å²) in [6.45, 7) is 0.254. The molecule has 0 unspecified atom stereocenters. The van der Waals surface area contributed by atoms with Crippen molar-refractivity contribution < 1.29 is 5.11 Å². The highest BCUT2D eigenvalue weighted by atomic mass is 16.3. The molecule has 0 spiro atoms. The molecule has 2 rings (SSSR count). The number of aromatic nitrogens is 2. The van der Waals surface area contributed by atoms with E-state index in [1.807, 2.05) is 0 Å². The van der Waals surface area contributed by atoms with Gasteiger partial charge in [-0.2, -0.15) is 0 Å². The van der Waals surface area contributed by atoms with Gasteiger partial charge in [0.15, 0.2) is 0 Å². The summed E-state index contributed by atoms with van der Waals surface area (Å²) in [7, 11) is 0. The lowest BCUT2D eigenvalue weighted by Gasteiger charge is -2.00. The Morgan fingerprint density at radius 3 is 2.83 bits per heavy atom. The lowest BCUT2D eigenvalue weighted by Crippen LogP contribution is -2.08. The summed E-state index contributed by atoms with van der Waals surface area (Å²) in [5.41, 5.74) is 0. The Morgan fingerprint density at radius 1 is 1.50 bits per heavy atom. The second kappa shape index (κ2) is 3.06. The molecule has 2 N–H and O–H groups in total. The minimum atomic E-state index is 0.254. The summed E-state index contributed by atoms with van der Waals surface area (Å²) in [5, 5.41) is 11.9. The first kappa shape index (κ1) is 7.49. The molecule has 1 saturated carbocycles. The van der Waals surface area contributed by atoms with Crippen LogP contribution in [0.15, 0.2) is 18.5 Å². The van der Waals surface area contributed by atoms with Crippen LogP contribution in [-0.2, 0) is 0 Å². The van der Waals surface area contributed by atoms with Crippen molar-refractivity contribution in [2.45, 2.75) is 12.5 Å². The molecule has 0 saturated heterocycles. The van der Waals surface area contributed by atoms with Gasteiger partial charge in [-0.05, 0) is 12.5 Å². The Labute approximate surface area is 70.7 Å². The Bertz CT molecular complexity index is 252. The number of nitrogens with one attached hydrogen (secondary N) is 1. The molecule has 4 heteroatoms. The van der Waals surface area contributed by atoms with E-state index in [2.05, 4.69) is 15.3 Å². The number of aliphatic hydroxyl groups excluding tert-OH is 1. The summed E-state index contributed by atoms with van der Waals surface area (Å²) < 4.78 is 0. The zero-order chi connectivity index (χ0) is 8.39. The number of aliphatic hydroxyl groups is 1. The fourth-order valence-electron chi connectivity index (χ4n) is 1.17. The van der Waals surface area contributed by atoms with Crippen LogP contribution in [0.5, 0.6) is 0 Å². The number of anilines is 1. The highest BCUT2D eigenvalue weighted by molar-refractivity contribution is 5.28. The van der Waals surface area contributed by atoms with Gasteiger partial charge < -0.3 is 10.4 Å². The monoisotopic (exact) mass is 165 g/mol. The van der Waals surface area contributed by atoms with Gasteiger partial charge in [0.25, 0.3) is 0 Å². The summed E-state index contributed by atoms with van der Waals surface area (Å²) in [4.78, 5) is 8.05. The van der Waals surface area contributed by atoms with Gasteiger partial charge in [-0.25, -0.2) is 9.97 Å². The molecule has 0 radical (unpaired) electrons. The average molecular weight is 165 g/mol. The highest BCUT2D eigenvalue weighted by Crippen LogP contribution is 2.31. The Balaban J connectivity index is 1.89. The van der Waals surface area contributed by atoms with Crippen LogP contribution in [-0.4, -0.2) is 27.7 Å². The Hall–Kier alpha value is -1.16. The van der Waals surface area contributed by atoms with E-state index in [4.69, 9.17) is 5.11 Å². The molecule has 0 amide bonds. The fraction of sp³-hybridized carbons (Fsp3) is 0.500. The molecule has 0 aliphatic heterocycles. The summed E-state index contributed by atoms with van der Waals surface area (Å²) in [6, 6.07) is 2.15. The molecule has 2 atom stereocenters. The van der Waals surface area contributed by atoms with Crippen LogP contribution in [0.3, 0.4) is 0 Å². The number of nitrogens with zero attached hydrogens (tertiary/aromatic N) is 2. The van der Waals surface area contributed by atoms with E-state index in [0.29, 0.717) is 17.9 Å². The van der Waals surface area contributed by atoms with Gasteiger partial charge in [-0.1, -0.05) is 0 Å². The lowest BCUT2D eigenvalue weighted by molar-refractivity contribution is 0.275. The number of hydrogen-bond acceptors (Lipinski definition) is 4. The SMILES string of the molecule is OC[C@@H]1C[C@H]1Nc1ncccn1. The molecule has 64 valence electrons. The highest BCUT2D eigenvalue weighted by Gasteiger charge is 2.36. The van der Waals surface area contributed by atoms with Crippen molar-refractivity contribution in [3.63, 3.8) is 0 Å². The lowest BCUT2D eigenvalue weighted by atomic mass is 10.4. The van der Waals surface area contributed by atoms with E-state index in [-0.39, 0.29) is 6.61 Å². The molecule has 1 aliphatic carbocycles. The molecule has 4 nitrogen and oxygen atoms in total. The third kappa shape index (κ3) is 1.53. The number of rotatable bonds is 3. The Kier molecular flexibility index (Phi) is 1.91.